The van der Waals surface area contributed by atoms with E-state index in [4.69, 9.17) is 28.2 Å². The van der Waals surface area contributed by atoms with Crippen LogP contribution in [0.1, 0.15) is 6.92 Å². The van der Waals surface area contributed by atoms with Crippen molar-refractivity contribution >= 4 is 23.2 Å². The standard InChI is InChI=1S/C24H20Cl2N2O/c1-16(29)15-28-23(18-11-6-3-7-12-18)22(17-9-4-2-5-10-17)27-24(28)21-19(25)13-8-14-20(21)26/h2-14,16,29H,15H2,1H3/t16-/m0/s1. The molecule has 146 valence electrons. The molecule has 0 bridgehead atoms. The van der Waals surface area contributed by atoms with E-state index in [1.54, 1.807) is 19.1 Å². The van der Waals surface area contributed by atoms with Crippen molar-refractivity contribution in [1.29, 1.82) is 0 Å². The van der Waals surface area contributed by atoms with Gasteiger partial charge in [-0.2, -0.15) is 0 Å². The van der Waals surface area contributed by atoms with E-state index < -0.39 is 6.10 Å². The monoisotopic (exact) mass is 422 g/mol. The van der Waals surface area contributed by atoms with Crippen LogP contribution < -0.4 is 0 Å². The van der Waals surface area contributed by atoms with Gasteiger partial charge in [0.05, 0.1) is 39.6 Å². The molecule has 0 aliphatic rings. The van der Waals surface area contributed by atoms with Gasteiger partial charge in [-0.15, -0.1) is 0 Å². The number of rotatable bonds is 5. The van der Waals surface area contributed by atoms with Crippen LogP contribution in [-0.4, -0.2) is 20.8 Å². The summed E-state index contributed by atoms with van der Waals surface area (Å²) in [6.45, 7) is 2.12. The zero-order valence-electron chi connectivity index (χ0n) is 15.9. The van der Waals surface area contributed by atoms with E-state index in [1.165, 1.54) is 0 Å². The number of halogens is 2. The fraction of sp³-hybridized carbons (Fsp3) is 0.125. The quantitative estimate of drug-likeness (QED) is 0.394. The molecule has 0 saturated carbocycles. The summed E-state index contributed by atoms with van der Waals surface area (Å²) in [6, 6.07) is 25.5. The van der Waals surface area contributed by atoms with Crippen LogP contribution in [0.2, 0.25) is 10.0 Å². The molecular formula is C24H20Cl2N2O. The number of hydrogen-bond acceptors (Lipinski definition) is 2. The van der Waals surface area contributed by atoms with Crippen molar-refractivity contribution in [2.24, 2.45) is 0 Å². The molecule has 4 rings (SSSR count). The molecule has 1 heterocycles. The molecule has 1 N–H and O–H groups in total. The molecule has 0 aliphatic carbocycles. The van der Waals surface area contributed by atoms with Gasteiger partial charge in [0.25, 0.3) is 0 Å². The molecule has 3 nitrogen and oxygen atoms in total. The third-order valence-corrected chi connectivity index (χ3v) is 5.33. The molecule has 0 spiro atoms. The fourth-order valence-electron chi connectivity index (χ4n) is 3.48. The zero-order chi connectivity index (χ0) is 20.4. The van der Waals surface area contributed by atoms with Gasteiger partial charge in [-0.25, -0.2) is 4.98 Å². The Morgan fingerprint density at radius 3 is 1.93 bits per heavy atom. The number of nitrogens with zero attached hydrogens (tertiary/aromatic N) is 2. The van der Waals surface area contributed by atoms with Gasteiger partial charge in [0.15, 0.2) is 0 Å². The Morgan fingerprint density at radius 1 is 0.828 bits per heavy atom. The van der Waals surface area contributed by atoms with Crippen LogP contribution in [0.25, 0.3) is 33.9 Å². The van der Waals surface area contributed by atoms with Crippen molar-refractivity contribution < 1.29 is 5.11 Å². The van der Waals surface area contributed by atoms with Gasteiger partial charge in [-0.05, 0) is 19.1 Å². The third kappa shape index (κ3) is 3.95. The Hall–Kier alpha value is -2.59. The first-order valence-corrected chi connectivity index (χ1v) is 10.2. The average molecular weight is 423 g/mol. The molecule has 1 atom stereocenters. The van der Waals surface area contributed by atoms with E-state index in [0.717, 1.165) is 22.5 Å². The topological polar surface area (TPSA) is 38.0 Å². The van der Waals surface area contributed by atoms with Crippen LogP contribution in [0, 0.1) is 0 Å². The molecule has 3 aromatic carbocycles. The van der Waals surface area contributed by atoms with Crippen molar-refractivity contribution in [3.63, 3.8) is 0 Å². The minimum Gasteiger partial charge on any atom is -0.392 e. The summed E-state index contributed by atoms with van der Waals surface area (Å²) >= 11 is 13.1. The molecule has 29 heavy (non-hydrogen) atoms. The van der Waals surface area contributed by atoms with E-state index in [0.29, 0.717) is 28.0 Å². The number of aliphatic hydroxyl groups excluding tert-OH is 1. The lowest BCUT2D eigenvalue weighted by molar-refractivity contribution is 0.174. The lowest BCUT2D eigenvalue weighted by Crippen LogP contribution is -2.14. The Labute approximate surface area is 180 Å². The Balaban J connectivity index is 2.08. The highest BCUT2D eigenvalue weighted by Crippen LogP contribution is 2.40. The van der Waals surface area contributed by atoms with Gasteiger partial charge < -0.3 is 9.67 Å². The molecule has 0 amide bonds. The predicted octanol–water partition coefficient (Wildman–Crippen LogP) is 6.57. The first kappa shape index (κ1) is 19.7. The van der Waals surface area contributed by atoms with Gasteiger partial charge in [0, 0.05) is 11.1 Å². The first-order chi connectivity index (χ1) is 14.1. The highest BCUT2D eigenvalue weighted by Gasteiger charge is 2.24. The van der Waals surface area contributed by atoms with E-state index >= 15 is 0 Å². The van der Waals surface area contributed by atoms with Crippen LogP contribution in [0.5, 0.6) is 0 Å². The molecule has 1 aromatic heterocycles. The van der Waals surface area contributed by atoms with Gasteiger partial charge in [0.2, 0.25) is 0 Å². The summed E-state index contributed by atoms with van der Waals surface area (Å²) < 4.78 is 2.01. The number of benzene rings is 3. The minimum atomic E-state index is -0.574. The summed E-state index contributed by atoms with van der Waals surface area (Å²) in [4.78, 5) is 4.98. The summed E-state index contributed by atoms with van der Waals surface area (Å²) in [5.74, 6) is 0.638. The number of hydrogen-bond donors (Lipinski definition) is 1. The first-order valence-electron chi connectivity index (χ1n) is 9.40. The van der Waals surface area contributed by atoms with Gasteiger partial charge in [-0.1, -0.05) is 89.9 Å². The maximum atomic E-state index is 10.3. The maximum absolute atomic E-state index is 10.3. The third-order valence-electron chi connectivity index (χ3n) is 4.70. The summed E-state index contributed by atoms with van der Waals surface area (Å²) in [5, 5.41) is 11.3. The van der Waals surface area contributed by atoms with E-state index in [2.05, 4.69) is 0 Å². The maximum Gasteiger partial charge on any atom is 0.144 e. The molecule has 0 radical (unpaired) electrons. The van der Waals surface area contributed by atoms with Crippen LogP contribution in [-0.2, 0) is 6.54 Å². The molecule has 0 unspecified atom stereocenters. The van der Waals surface area contributed by atoms with Crippen molar-refractivity contribution in [2.45, 2.75) is 19.6 Å². The number of aliphatic hydroxyl groups is 1. The van der Waals surface area contributed by atoms with Crippen LogP contribution in [0.3, 0.4) is 0 Å². The zero-order valence-corrected chi connectivity index (χ0v) is 17.4. The largest absolute Gasteiger partial charge is 0.392 e. The predicted molar refractivity (Wildman–Crippen MR) is 120 cm³/mol. The SMILES string of the molecule is C[C@H](O)Cn1c(-c2c(Cl)cccc2Cl)nc(-c2ccccc2)c1-c1ccccc1. The number of imidazole rings is 1. The lowest BCUT2D eigenvalue weighted by Gasteiger charge is -2.16. The van der Waals surface area contributed by atoms with E-state index in [1.807, 2.05) is 71.3 Å². The molecular weight excluding hydrogens is 403 g/mol. The van der Waals surface area contributed by atoms with Crippen molar-refractivity contribution in [3.05, 3.63) is 88.9 Å². The van der Waals surface area contributed by atoms with Crippen LogP contribution >= 0.6 is 23.2 Å². The van der Waals surface area contributed by atoms with Gasteiger partial charge in [0.1, 0.15) is 5.82 Å². The van der Waals surface area contributed by atoms with Gasteiger partial charge >= 0.3 is 0 Å². The highest BCUT2D eigenvalue weighted by atomic mass is 35.5. The second-order valence-corrected chi connectivity index (χ2v) is 7.74. The molecule has 0 saturated heterocycles. The highest BCUT2D eigenvalue weighted by molar-refractivity contribution is 6.39. The Morgan fingerprint density at radius 2 is 1.38 bits per heavy atom. The number of aromatic nitrogens is 2. The van der Waals surface area contributed by atoms with Crippen molar-refractivity contribution in [3.8, 4) is 33.9 Å². The van der Waals surface area contributed by atoms with Gasteiger partial charge in [-0.3, -0.25) is 0 Å². The van der Waals surface area contributed by atoms with E-state index in [-0.39, 0.29) is 0 Å². The molecule has 4 aromatic rings. The van der Waals surface area contributed by atoms with Crippen molar-refractivity contribution in [1.82, 2.24) is 9.55 Å². The summed E-state index contributed by atoms with van der Waals surface area (Å²) in [5.41, 5.74) is 4.40. The summed E-state index contributed by atoms with van der Waals surface area (Å²) in [6.07, 6.45) is -0.574. The fourth-order valence-corrected chi connectivity index (χ4v) is 4.05. The second-order valence-electron chi connectivity index (χ2n) is 6.92. The van der Waals surface area contributed by atoms with E-state index in [9.17, 15) is 5.11 Å². The van der Waals surface area contributed by atoms with Crippen LogP contribution in [0.4, 0.5) is 0 Å². The summed E-state index contributed by atoms with van der Waals surface area (Å²) in [7, 11) is 0. The molecule has 0 aliphatic heterocycles. The minimum absolute atomic E-state index is 0.362. The average Bonchev–Trinajstić information content (AvgIpc) is 3.07. The van der Waals surface area contributed by atoms with Crippen LogP contribution in [0.15, 0.2) is 78.9 Å². The normalized spacial score (nSPS) is 12.1. The molecule has 5 heteroatoms. The second kappa shape index (κ2) is 8.42. The molecule has 0 fully saturated rings. The Bertz CT molecular complexity index is 1100. The smallest absolute Gasteiger partial charge is 0.144 e. The van der Waals surface area contributed by atoms with Crippen molar-refractivity contribution in [2.75, 3.05) is 0 Å². The Kier molecular flexibility index (Phi) is 5.72. The lowest BCUT2D eigenvalue weighted by atomic mass is 10.0.